The monoisotopic (exact) mass is 1050 g/mol. The van der Waals surface area contributed by atoms with E-state index in [1.165, 1.54) is 154 Å². The van der Waals surface area contributed by atoms with Gasteiger partial charge in [0.1, 0.15) is 0 Å². The lowest BCUT2D eigenvalue weighted by Crippen LogP contribution is -2.45. The molecule has 3 N–H and O–H groups in total. The van der Waals surface area contributed by atoms with Crippen molar-refractivity contribution < 1.29 is 15.0 Å². The second kappa shape index (κ2) is 65.6. The normalized spacial score (nSPS) is 13.8. The van der Waals surface area contributed by atoms with E-state index in [1.54, 1.807) is 6.08 Å². The smallest absolute Gasteiger partial charge is 0.220 e. The predicted molar refractivity (Wildman–Crippen MR) is 340 cm³/mol. The quantitative estimate of drug-likeness (QED) is 0.0420. The lowest BCUT2D eigenvalue weighted by atomic mass is 10.0. The highest BCUT2D eigenvalue weighted by Gasteiger charge is 2.18. The number of allylic oxidation sites excluding steroid dienone is 23. The van der Waals surface area contributed by atoms with E-state index in [2.05, 4.69) is 153 Å². The molecule has 0 heterocycles. The Hall–Kier alpha value is -3.73. The second-order valence-corrected chi connectivity index (χ2v) is 21.1. The van der Waals surface area contributed by atoms with E-state index in [4.69, 9.17) is 0 Å². The summed E-state index contributed by atoms with van der Waals surface area (Å²) in [5, 5.41) is 23.2. The van der Waals surface area contributed by atoms with Crippen LogP contribution in [0.25, 0.3) is 0 Å². The van der Waals surface area contributed by atoms with Gasteiger partial charge in [-0.2, -0.15) is 0 Å². The van der Waals surface area contributed by atoms with Gasteiger partial charge in [0.25, 0.3) is 0 Å². The van der Waals surface area contributed by atoms with E-state index in [-0.39, 0.29) is 12.5 Å². The van der Waals surface area contributed by atoms with E-state index in [1.807, 2.05) is 6.08 Å². The molecule has 0 saturated heterocycles. The molecule has 0 saturated carbocycles. The van der Waals surface area contributed by atoms with E-state index in [9.17, 15) is 15.0 Å². The van der Waals surface area contributed by atoms with Crippen LogP contribution >= 0.6 is 0 Å². The molecule has 0 aliphatic carbocycles. The third-order valence-corrected chi connectivity index (χ3v) is 13.8. The van der Waals surface area contributed by atoms with Crippen LogP contribution < -0.4 is 5.32 Å². The average molecular weight is 1050 g/mol. The summed E-state index contributed by atoms with van der Waals surface area (Å²) in [6.45, 7) is 4.20. The second-order valence-electron chi connectivity index (χ2n) is 21.1. The molecule has 0 aromatic heterocycles. The van der Waals surface area contributed by atoms with Crippen LogP contribution in [-0.2, 0) is 4.79 Å². The number of aliphatic hydroxyl groups excluding tert-OH is 2. The van der Waals surface area contributed by atoms with E-state index in [0.29, 0.717) is 6.42 Å². The SMILES string of the molecule is CC/C=C\C/C=C\C/C=C\C/C=C\C/C=C\C/C=C\C/C=C\C/C=C\C/C=C\C/C=C\C/C=C\CCCCCCCCCC(=O)NC(CO)C(O)/C=C/CCCCCCCCCCCCCCCCCCCCCCC. The molecule has 1 amide bonds. The summed E-state index contributed by atoms with van der Waals surface area (Å²) in [4.78, 5) is 12.5. The maximum atomic E-state index is 12.5. The largest absolute Gasteiger partial charge is 0.394 e. The molecular formula is C72H121NO3. The van der Waals surface area contributed by atoms with Crippen molar-refractivity contribution in [3.63, 3.8) is 0 Å². The van der Waals surface area contributed by atoms with Gasteiger partial charge in [-0.15, -0.1) is 0 Å². The molecule has 0 spiro atoms. The molecule has 4 heteroatoms. The molecule has 4 nitrogen and oxygen atoms in total. The first-order chi connectivity index (χ1) is 37.7. The summed E-state index contributed by atoms with van der Waals surface area (Å²) in [6.07, 6.45) is 103. The fourth-order valence-electron chi connectivity index (χ4n) is 9.01. The fraction of sp³-hybridized carbons (Fsp3) is 0.653. The Morgan fingerprint density at radius 1 is 0.329 bits per heavy atom. The Balaban J connectivity index is 3.63. The number of nitrogens with one attached hydrogen (secondary N) is 1. The van der Waals surface area contributed by atoms with Crippen LogP contribution in [0.5, 0.6) is 0 Å². The lowest BCUT2D eigenvalue weighted by Gasteiger charge is -2.20. The highest BCUT2D eigenvalue weighted by atomic mass is 16.3. The number of amides is 1. The summed E-state index contributed by atoms with van der Waals surface area (Å²) in [6, 6.07) is -0.640. The Morgan fingerprint density at radius 3 is 0.868 bits per heavy atom. The van der Waals surface area contributed by atoms with E-state index >= 15 is 0 Å². The predicted octanol–water partition coefficient (Wildman–Crippen LogP) is 21.9. The first-order valence-corrected chi connectivity index (χ1v) is 32.0. The molecule has 0 aliphatic heterocycles. The number of carbonyl (C=O) groups excluding carboxylic acids is 1. The van der Waals surface area contributed by atoms with Gasteiger partial charge in [0.05, 0.1) is 18.8 Å². The van der Waals surface area contributed by atoms with Gasteiger partial charge in [-0.1, -0.05) is 320 Å². The van der Waals surface area contributed by atoms with Crippen LogP contribution in [0.15, 0.2) is 146 Å². The molecular weight excluding hydrogens is 927 g/mol. The minimum atomic E-state index is -0.855. The summed E-state index contributed by atoms with van der Waals surface area (Å²) in [7, 11) is 0. The molecule has 0 rings (SSSR count). The van der Waals surface area contributed by atoms with Gasteiger partial charge >= 0.3 is 0 Å². The van der Waals surface area contributed by atoms with Crippen LogP contribution in [0, 0.1) is 0 Å². The number of aliphatic hydroxyl groups is 2. The van der Waals surface area contributed by atoms with Gasteiger partial charge in [-0.05, 0) is 103 Å². The molecule has 0 fully saturated rings. The van der Waals surface area contributed by atoms with Crippen molar-refractivity contribution in [1.82, 2.24) is 5.32 Å². The van der Waals surface area contributed by atoms with Crippen molar-refractivity contribution in [3.05, 3.63) is 146 Å². The van der Waals surface area contributed by atoms with Gasteiger partial charge in [0.2, 0.25) is 5.91 Å². The highest BCUT2D eigenvalue weighted by Crippen LogP contribution is 2.16. The standard InChI is InChI=1S/C72H121NO3/c1-3-5-7-9-11-13-15-17-19-21-23-25-27-28-29-30-31-32-33-34-35-36-37-38-39-40-41-42-43-44-46-48-50-52-54-56-58-60-62-64-66-68-72(76)73-70(69-74)71(75)67-65-63-61-59-57-55-53-51-49-47-45-26-24-22-20-18-16-14-12-10-8-6-4-2/h5,7,11,13,17,19,23,25,28-29,31-32,34-35,37-38,40-41,43-44,48,50,65,67,70-71,74-75H,3-4,6,8-10,12,14-16,18,20-22,24,26-27,30,33,36,39,42,45-47,49,51-64,66,68-69H2,1-2H3,(H,73,76)/b7-5-,13-11-,19-17-,25-23-,29-28-,32-31-,35-34-,38-37-,41-40-,44-43-,50-48-,67-65+. The topological polar surface area (TPSA) is 69.6 Å². The average Bonchev–Trinajstić information content (AvgIpc) is 3.42. The van der Waals surface area contributed by atoms with Crippen molar-refractivity contribution in [3.8, 4) is 0 Å². The molecule has 2 atom stereocenters. The molecule has 0 aromatic carbocycles. The van der Waals surface area contributed by atoms with Crippen molar-refractivity contribution in [2.24, 2.45) is 0 Å². The third-order valence-electron chi connectivity index (χ3n) is 13.8. The van der Waals surface area contributed by atoms with Crippen molar-refractivity contribution in [1.29, 1.82) is 0 Å². The summed E-state index contributed by atoms with van der Waals surface area (Å²) in [5.74, 6) is -0.0786. The van der Waals surface area contributed by atoms with Crippen molar-refractivity contribution in [2.45, 2.75) is 296 Å². The lowest BCUT2D eigenvalue weighted by molar-refractivity contribution is -0.123. The van der Waals surface area contributed by atoms with Crippen LogP contribution in [0.1, 0.15) is 284 Å². The summed E-state index contributed by atoms with van der Waals surface area (Å²) >= 11 is 0. The number of unbranched alkanes of at least 4 members (excludes halogenated alkanes) is 28. The maximum Gasteiger partial charge on any atom is 0.220 e. The summed E-state index contributed by atoms with van der Waals surface area (Å²) < 4.78 is 0. The van der Waals surface area contributed by atoms with Crippen molar-refractivity contribution >= 4 is 5.91 Å². The first kappa shape index (κ1) is 72.3. The molecule has 0 radical (unpaired) electrons. The van der Waals surface area contributed by atoms with E-state index in [0.717, 1.165) is 109 Å². The number of hydrogen-bond donors (Lipinski definition) is 3. The number of carbonyl (C=O) groups is 1. The Labute approximate surface area is 472 Å². The van der Waals surface area contributed by atoms with Crippen LogP contribution in [0.4, 0.5) is 0 Å². The minimum absolute atomic E-state index is 0.0786. The zero-order valence-electron chi connectivity index (χ0n) is 49.7. The third kappa shape index (κ3) is 61.1. The maximum absolute atomic E-state index is 12.5. The van der Waals surface area contributed by atoms with E-state index < -0.39 is 12.1 Å². The van der Waals surface area contributed by atoms with Gasteiger partial charge in [0.15, 0.2) is 0 Å². The van der Waals surface area contributed by atoms with Gasteiger partial charge in [0, 0.05) is 6.42 Å². The van der Waals surface area contributed by atoms with Gasteiger partial charge in [-0.25, -0.2) is 0 Å². The molecule has 432 valence electrons. The van der Waals surface area contributed by atoms with Gasteiger partial charge in [-0.3, -0.25) is 4.79 Å². The Bertz CT molecular complexity index is 1560. The molecule has 0 aromatic rings. The Kier molecular flexibility index (Phi) is 62.3. The van der Waals surface area contributed by atoms with Gasteiger partial charge < -0.3 is 15.5 Å². The number of hydrogen-bond acceptors (Lipinski definition) is 3. The highest BCUT2D eigenvalue weighted by molar-refractivity contribution is 5.76. The van der Waals surface area contributed by atoms with Crippen LogP contribution in [0.3, 0.4) is 0 Å². The molecule has 0 aliphatic rings. The summed E-state index contributed by atoms with van der Waals surface area (Å²) in [5.41, 5.74) is 0. The van der Waals surface area contributed by atoms with Crippen LogP contribution in [0.2, 0.25) is 0 Å². The number of rotatable bonds is 57. The fourth-order valence-corrected chi connectivity index (χ4v) is 9.01. The molecule has 0 bridgehead atoms. The Morgan fingerprint density at radius 2 is 0.579 bits per heavy atom. The zero-order valence-corrected chi connectivity index (χ0v) is 49.7. The molecule has 76 heavy (non-hydrogen) atoms. The molecule has 2 unspecified atom stereocenters. The zero-order chi connectivity index (χ0) is 54.8. The van der Waals surface area contributed by atoms with Crippen molar-refractivity contribution in [2.75, 3.05) is 6.61 Å². The minimum Gasteiger partial charge on any atom is -0.394 e. The van der Waals surface area contributed by atoms with Crippen LogP contribution in [-0.4, -0.2) is 34.9 Å². The first-order valence-electron chi connectivity index (χ1n) is 32.0.